The Morgan fingerprint density at radius 1 is 0.886 bits per heavy atom. The van der Waals surface area contributed by atoms with Gasteiger partial charge in [0.05, 0.1) is 29.1 Å². The highest BCUT2D eigenvalue weighted by atomic mass is 35.5. The van der Waals surface area contributed by atoms with Crippen LogP contribution in [0, 0.1) is 0 Å². The quantitative estimate of drug-likeness (QED) is 0.123. The van der Waals surface area contributed by atoms with Gasteiger partial charge in [-0.1, -0.05) is 48.0 Å². The molecule has 0 saturated heterocycles. The fraction of sp³-hybridized carbons (Fsp3) is 0.0938. The summed E-state index contributed by atoms with van der Waals surface area (Å²) in [6.07, 6.45) is -3.07. The zero-order chi connectivity index (χ0) is 31.7. The molecule has 0 radical (unpaired) electrons. The van der Waals surface area contributed by atoms with Crippen molar-refractivity contribution in [2.24, 2.45) is 0 Å². The molecular formula is C32H25ClF3N3O4S. The van der Waals surface area contributed by atoms with Gasteiger partial charge in [0.15, 0.2) is 0 Å². The molecule has 0 unspecified atom stereocenters. The van der Waals surface area contributed by atoms with Crippen molar-refractivity contribution in [3.8, 4) is 5.75 Å². The summed E-state index contributed by atoms with van der Waals surface area (Å²) in [6, 6.07) is 24.7. The van der Waals surface area contributed by atoms with Crippen molar-refractivity contribution >= 4 is 58.5 Å². The number of benzene rings is 4. The van der Waals surface area contributed by atoms with Crippen molar-refractivity contribution in [1.29, 1.82) is 0 Å². The predicted molar refractivity (Wildman–Crippen MR) is 166 cm³/mol. The lowest BCUT2D eigenvalue weighted by Gasteiger charge is -2.13. The number of nitrogens with one attached hydrogen (secondary N) is 3. The molecule has 0 spiro atoms. The van der Waals surface area contributed by atoms with E-state index in [1.54, 1.807) is 78.9 Å². The van der Waals surface area contributed by atoms with E-state index in [1.165, 1.54) is 13.2 Å². The minimum Gasteiger partial charge on any atom is -0.496 e. The van der Waals surface area contributed by atoms with Crippen LogP contribution in [0.3, 0.4) is 0 Å². The third-order valence-electron chi connectivity index (χ3n) is 6.02. The number of halogens is 4. The molecule has 7 nitrogen and oxygen atoms in total. The first kappa shape index (κ1) is 32.2. The average molecular weight is 640 g/mol. The fourth-order valence-corrected chi connectivity index (χ4v) is 4.71. The Bertz CT molecular complexity index is 1680. The van der Waals surface area contributed by atoms with Gasteiger partial charge in [-0.2, -0.15) is 13.2 Å². The number of para-hydroxylation sites is 1. The first-order valence-electron chi connectivity index (χ1n) is 13.0. The summed E-state index contributed by atoms with van der Waals surface area (Å²) in [5, 5.41) is 7.80. The van der Waals surface area contributed by atoms with Crippen LogP contribution in [0.1, 0.15) is 21.5 Å². The average Bonchev–Trinajstić information content (AvgIpc) is 3.01. The minimum absolute atomic E-state index is 0.0180. The van der Waals surface area contributed by atoms with Gasteiger partial charge >= 0.3 is 6.18 Å². The van der Waals surface area contributed by atoms with Gasteiger partial charge in [0.25, 0.3) is 11.8 Å². The molecule has 0 fully saturated rings. The molecular weight excluding hydrogens is 615 g/mol. The highest BCUT2D eigenvalue weighted by molar-refractivity contribution is 8.00. The van der Waals surface area contributed by atoms with Crippen LogP contribution in [0.4, 0.5) is 24.5 Å². The smallest absolute Gasteiger partial charge is 0.416 e. The number of thioether (sulfide) groups is 1. The van der Waals surface area contributed by atoms with Gasteiger partial charge in [0.2, 0.25) is 5.91 Å². The second kappa shape index (κ2) is 14.6. The van der Waals surface area contributed by atoms with Crippen molar-refractivity contribution in [2.45, 2.75) is 11.1 Å². The molecule has 0 bridgehead atoms. The van der Waals surface area contributed by atoms with Gasteiger partial charge < -0.3 is 20.7 Å². The van der Waals surface area contributed by atoms with Gasteiger partial charge in [-0.05, 0) is 66.7 Å². The molecule has 226 valence electrons. The number of rotatable bonds is 10. The van der Waals surface area contributed by atoms with Gasteiger partial charge in [-0.25, -0.2) is 0 Å². The van der Waals surface area contributed by atoms with Crippen molar-refractivity contribution < 1.29 is 32.3 Å². The van der Waals surface area contributed by atoms with Crippen molar-refractivity contribution in [3.63, 3.8) is 0 Å². The molecule has 44 heavy (non-hydrogen) atoms. The summed E-state index contributed by atoms with van der Waals surface area (Å²) in [4.78, 5) is 39.2. The molecule has 3 N–H and O–H groups in total. The molecule has 0 aromatic heterocycles. The largest absolute Gasteiger partial charge is 0.496 e. The van der Waals surface area contributed by atoms with Crippen molar-refractivity contribution in [2.75, 3.05) is 23.5 Å². The highest BCUT2D eigenvalue weighted by Crippen LogP contribution is 2.34. The number of ether oxygens (including phenoxy) is 1. The summed E-state index contributed by atoms with van der Waals surface area (Å²) < 4.78 is 44.4. The summed E-state index contributed by atoms with van der Waals surface area (Å²) in [5.74, 6) is -1.20. The molecule has 3 amide bonds. The zero-order valence-corrected chi connectivity index (χ0v) is 24.6. The van der Waals surface area contributed by atoms with E-state index in [-0.39, 0.29) is 22.2 Å². The zero-order valence-electron chi connectivity index (χ0n) is 23.1. The minimum atomic E-state index is -4.57. The number of carbonyl (C=O) groups is 3. The highest BCUT2D eigenvalue weighted by Gasteiger charge is 2.31. The lowest BCUT2D eigenvalue weighted by atomic mass is 10.1. The summed E-state index contributed by atoms with van der Waals surface area (Å²) in [5.41, 5.74) is 0.271. The summed E-state index contributed by atoms with van der Waals surface area (Å²) in [6.45, 7) is 0. The van der Waals surface area contributed by atoms with Gasteiger partial charge in [0.1, 0.15) is 11.4 Å². The van der Waals surface area contributed by atoms with E-state index < -0.39 is 29.5 Å². The van der Waals surface area contributed by atoms with Crippen LogP contribution in [-0.2, 0) is 15.8 Å². The normalized spacial score (nSPS) is 11.4. The maximum Gasteiger partial charge on any atom is 0.416 e. The number of carbonyl (C=O) groups excluding carboxylic acids is 3. The Balaban J connectivity index is 1.42. The van der Waals surface area contributed by atoms with E-state index in [4.69, 9.17) is 16.3 Å². The first-order valence-corrected chi connectivity index (χ1v) is 14.3. The van der Waals surface area contributed by atoms with E-state index in [1.807, 2.05) is 0 Å². The second-order valence-electron chi connectivity index (χ2n) is 9.13. The first-order chi connectivity index (χ1) is 21.0. The molecule has 0 aliphatic heterocycles. The van der Waals surface area contributed by atoms with Crippen LogP contribution in [0.15, 0.2) is 108 Å². The number of alkyl halides is 3. The Hall–Kier alpha value is -4.74. The van der Waals surface area contributed by atoms with E-state index in [2.05, 4.69) is 16.0 Å². The van der Waals surface area contributed by atoms with Crippen LogP contribution in [-0.4, -0.2) is 30.6 Å². The fourth-order valence-electron chi connectivity index (χ4n) is 3.85. The number of hydrogen-bond donors (Lipinski definition) is 3. The Morgan fingerprint density at radius 2 is 1.57 bits per heavy atom. The second-order valence-corrected chi connectivity index (χ2v) is 10.6. The maximum absolute atomic E-state index is 13.3. The lowest BCUT2D eigenvalue weighted by molar-refractivity contribution is -0.137. The Labute approximate surface area is 260 Å². The molecule has 12 heteroatoms. The van der Waals surface area contributed by atoms with Crippen LogP contribution in [0.25, 0.3) is 6.08 Å². The van der Waals surface area contributed by atoms with Crippen LogP contribution in [0.5, 0.6) is 5.75 Å². The van der Waals surface area contributed by atoms with Gasteiger partial charge in [-0.15, -0.1) is 11.8 Å². The molecule has 4 rings (SSSR count). The van der Waals surface area contributed by atoms with Crippen LogP contribution >= 0.6 is 23.4 Å². The number of hydrogen-bond acceptors (Lipinski definition) is 5. The molecule has 0 aliphatic carbocycles. The molecule has 4 aromatic carbocycles. The van der Waals surface area contributed by atoms with E-state index in [0.29, 0.717) is 27.5 Å². The molecule has 0 heterocycles. The Morgan fingerprint density at radius 3 is 2.25 bits per heavy atom. The molecule has 4 aromatic rings. The van der Waals surface area contributed by atoms with E-state index in [9.17, 15) is 27.6 Å². The Kier molecular flexibility index (Phi) is 10.7. The summed E-state index contributed by atoms with van der Waals surface area (Å²) >= 11 is 7.09. The molecule has 0 aliphatic rings. The van der Waals surface area contributed by atoms with Crippen molar-refractivity contribution in [3.05, 3.63) is 124 Å². The monoisotopic (exact) mass is 639 g/mol. The topological polar surface area (TPSA) is 96.5 Å². The number of amides is 3. The molecule has 0 atom stereocenters. The van der Waals surface area contributed by atoms with Crippen LogP contribution < -0.4 is 20.7 Å². The molecule has 0 saturated carbocycles. The van der Waals surface area contributed by atoms with Gasteiger partial charge in [-0.3, -0.25) is 14.4 Å². The SMILES string of the molecule is COc1ccccc1/C=C(\NC(=O)c1ccccc1)C(=O)Nc1ccc(SCC(=O)Nc2cc(C(F)(F)F)ccc2Cl)cc1. The summed E-state index contributed by atoms with van der Waals surface area (Å²) in [7, 11) is 1.50. The third-order valence-corrected chi connectivity index (χ3v) is 7.36. The van der Waals surface area contributed by atoms with Gasteiger partial charge in [0, 0.05) is 21.7 Å². The van der Waals surface area contributed by atoms with Crippen LogP contribution in [0.2, 0.25) is 5.02 Å². The van der Waals surface area contributed by atoms with E-state index >= 15 is 0 Å². The number of methoxy groups -OCH3 is 1. The van der Waals surface area contributed by atoms with E-state index in [0.717, 1.165) is 30.0 Å². The predicted octanol–water partition coefficient (Wildman–Crippen LogP) is 7.51. The lowest BCUT2D eigenvalue weighted by Crippen LogP contribution is -2.30. The maximum atomic E-state index is 13.3. The standard InChI is InChI=1S/C32H25ClF3N3O4S/c1-43-28-10-6-5-9-21(28)17-27(39-30(41)20-7-3-2-4-8-20)31(42)37-23-12-14-24(15-13-23)44-19-29(40)38-26-18-22(32(34,35)36)11-16-25(26)33/h2-18H,19H2,1H3,(H,37,42)(H,38,40)(H,39,41)/b27-17-. The van der Waals surface area contributed by atoms with Crippen molar-refractivity contribution in [1.82, 2.24) is 5.32 Å². The third kappa shape index (κ3) is 8.88. The number of anilines is 2.